The van der Waals surface area contributed by atoms with Crippen LogP contribution in [-0.2, 0) is 17.9 Å². The molecule has 0 bridgehead atoms. The largest absolute Gasteiger partial charge is 0.493 e. The summed E-state index contributed by atoms with van der Waals surface area (Å²) in [7, 11) is 1.59. The lowest BCUT2D eigenvalue weighted by Crippen LogP contribution is -2.21. The molecule has 5 heteroatoms. The topological polar surface area (TPSA) is 67.8 Å². The maximum Gasteiger partial charge on any atom is 0.317 e. The first-order valence-electron chi connectivity index (χ1n) is 7.36. The first-order chi connectivity index (χ1) is 11.1. The zero-order chi connectivity index (χ0) is 16.7. The fourth-order valence-corrected chi connectivity index (χ4v) is 2.22. The Kier molecular flexibility index (Phi) is 6.00. The van der Waals surface area contributed by atoms with Gasteiger partial charge in [0.05, 0.1) is 13.7 Å². The summed E-state index contributed by atoms with van der Waals surface area (Å²) in [5, 5.41) is 11.5. The number of rotatable bonds is 8. The Labute approximate surface area is 135 Å². The number of benzene rings is 2. The number of carboxylic acid groups (broad SMARTS) is 1. The molecule has 0 amide bonds. The minimum absolute atomic E-state index is 0.0755. The molecule has 23 heavy (non-hydrogen) atoms. The lowest BCUT2D eigenvalue weighted by atomic mass is 10.1. The van der Waals surface area contributed by atoms with Gasteiger partial charge in [-0.3, -0.25) is 4.79 Å². The number of hydrogen-bond acceptors (Lipinski definition) is 4. The van der Waals surface area contributed by atoms with E-state index in [0.29, 0.717) is 24.7 Å². The number of ether oxygens (including phenoxy) is 2. The zero-order valence-corrected chi connectivity index (χ0v) is 13.3. The first kappa shape index (κ1) is 16.8. The second-order valence-electron chi connectivity index (χ2n) is 5.26. The third kappa shape index (κ3) is 5.30. The van der Waals surface area contributed by atoms with Crippen molar-refractivity contribution in [1.82, 2.24) is 5.32 Å². The summed E-state index contributed by atoms with van der Waals surface area (Å²) in [5.41, 5.74) is 3.23. The molecule has 0 aliphatic carbocycles. The molecule has 2 N–H and O–H groups in total. The Morgan fingerprint density at radius 1 is 1.13 bits per heavy atom. The molecule has 0 atom stereocenters. The molecule has 0 spiro atoms. The van der Waals surface area contributed by atoms with Crippen molar-refractivity contribution in [1.29, 1.82) is 0 Å². The molecule has 0 radical (unpaired) electrons. The third-order valence-corrected chi connectivity index (χ3v) is 3.31. The van der Waals surface area contributed by atoms with Crippen LogP contribution in [0.1, 0.15) is 16.7 Å². The van der Waals surface area contributed by atoms with Crippen LogP contribution in [0.3, 0.4) is 0 Å². The predicted molar refractivity (Wildman–Crippen MR) is 87.8 cm³/mol. The zero-order valence-electron chi connectivity index (χ0n) is 13.3. The van der Waals surface area contributed by atoms with Crippen LogP contribution >= 0.6 is 0 Å². The molecule has 2 aromatic carbocycles. The van der Waals surface area contributed by atoms with E-state index in [-0.39, 0.29) is 6.54 Å². The summed E-state index contributed by atoms with van der Waals surface area (Å²) >= 11 is 0. The Morgan fingerprint density at radius 3 is 2.65 bits per heavy atom. The van der Waals surface area contributed by atoms with Crippen LogP contribution in [0.2, 0.25) is 0 Å². The van der Waals surface area contributed by atoms with Gasteiger partial charge in [-0.15, -0.1) is 0 Å². The molecule has 122 valence electrons. The Morgan fingerprint density at radius 2 is 1.96 bits per heavy atom. The van der Waals surface area contributed by atoms with Gasteiger partial charge in [-0.25, -0.2) is 0 Å². The van der Waals surface area contributed by atoms with Crippen LogP contribution in [0, 0.1) is 6.92 Å². The number of carboxylic acids is 1. The number of aryl methyl sites for hydroxylation is 1. The molecule has 2 rings (SSSR count). The van der Waals surface area contributed by atoms with Crippen molar-refractivity contribution >= 4 is 5.97 Å². The second-order valence-corrected chi connectivity index (χ2v) is 5.26. The maximum absolute atomic E-state index is 10.5. The van der Waals surface area contributed by atoms with Crippen molar-refractivity contribution in [3.8, 4) is 11.5 Å². The summed E-state index contributed by atoms with van der Waals surface area (Å²) in [6.45, 7) is 2.90. The summed E-state index contributed by atoms with van der Waals surface area (Å²) in [5.74, 6) is 0.415. The van der Waals surface area contributed by atoms with Crippen molar-refractivity contribution in [2.24, 2.45) is 0 Å². The van der Waals surface area contributed by atoms with Gasteiger partial charge < -0.3 is 19.9 Å². The molecule has 5 nitrogen and oxygen atoms in total. The van der Waals surface area contributed by atoms with E-state index in [1.54, 1.807) is 7.11 Å². The highest BCUT2D eigenvalue weighted by Gasteiger charge is 2.07. The van der Waals surface area contributed by atoms with Gasteiger partial charge in [0.25, 0.3) is 0 Å². The first-order valence-corrected chi connectivity index (χ1v) is 7.36. The monoisotopic (exact) mass is 315 g/mol. The number of carbonyl (C=O) groups is 1. The minimum Gasteiger partial charge on any atom is -0.493 e. The SMILES string of the molecule is COc1cc(CNCC(=O)O)ccc1OCc1cccc(C)c1. The molecule has 0 fully saturated rings. The van der Waals surface area contributed by atoms with E-state index >= 15 is 0 Å². The van der Waals surface area contributed by atoms with Crippen LogP contribution in [0.25, 0.3) is 0 Å². The summed E-state index contributed by atoms with van der Waals surface area (Å²) in [6, 6.07) is 13.7. The fourth-order valence-electron chi connectivity index (χ4n) is 2.22. The van der Waals surface area contributed by atoms with E-state index in [0.717, 1.165) is 11.1 Å². The number of aliphatic carboxylic acids is 1. The van der Waals surface area contributed by atoms with E-state index in [1.165, 1.54) is 5.56 Å². The average molecular weight is 315 g/mol. The van der Waals surface area contributed by atoms with Crippen LogP contribution in [0.4, 0.5) is 0 Å². The highest BCUT2D eigenvalue weighted by atomic mass is 16.5. The van der Waals surface area contributed by atoms with Crippen molar-refractivity contribution in [2.75, 3.05) is 13.7 Å². The van der Waals surface area contributed by atoms with Gasteiger partial charge in [-0.05, 0) is 30.2 Å². The van der Waals surface area contributed by atoms with Gasteiger partial charge in [0.15, 0.2) is 11.5 Å². The number of hydrogen-bond donors (Lipinski definition) is 2. The Bertz CT molecular complexity index is 670. The molecule has 0 aliphatic heterocycles. The van der Waals surface area contributed by atoms with Crippen LogP contribution < -0.4 is 14.8 Å². The van der Waals surface area contributed by atoms with Crippen LogP contribution in [0.5, 0.6) is 11.5 Å². The van der Waals surface area contributed by atoms with Gasteiger partial charge in [-0.1, -0.05) is 35.9 Å². The second kappa shape index (κ2) is 8.19. The number of nitrogens with one attached hydrogen (secondary N) is 1. The van der Waals surface area contributed by atoms with E-state index < -0.39 is 5.97 Å². The van der Waals surface area contributed by atoms with Crippen molar-refractivity contribution in [3.63, 3.8) is 0 Å². The van der Waals surface area contributed by atoms with Crippen LogP contribution in [-0.4, -0.2) is 24.7 Å². The van der Waals surface area contributed by atoms with Gasteiger partial charge in [0, 0.05) is 6.54 Å². The van der Waals surface area contributed by atoms with Crippen LogP contribution in [0.15, 0.2) is 42.5 Å². The van der Waals surface area contributed by atoms with Gasteiger partial charge in [0.1, 0.15) is 6.61 Å². The molecule has 0 unspecified atom stereocenters. The standard InChI is InChI=1S/C18H21NO4/c1-13-4-3-5-15(8-13)12-23-16-7-6-14(9-17(16)22-2)10-19-11-18(20)21/h3-9,19H,10-12H2,1-2H3,(H,20,21). The molecule has 0 aliphatic rings. The summed E-state index contributed by atoms with van der Waals surface area (Å²) in [4.78, 5) is 10.5. The molecule has 0 saturated carbocycles. The van der Waals surface area contributed by atoms with Crippen molar-refractivity contribution in [3.05, 3.63) is 59.2 Å². The van der Waals surface area contributed by atoms with Crippen molar-refractivity contribution in [2.45, 2.75) is 20.1 Å². The van der Waals surface area contributed by atoms with E-state index in [2.05, 4.69) is 11.4 Å². The number of methoxy groups -OCH3 is 1. The molecular formula is C18H21NO4. The van der Waals surface area contributed by atoms with E-state index in [1.807, 2.05) is 43.3 Å². The molecule has 0 aromatic heterocycles. The normalized spacial score (nSPS) is 10.3. The van der Waals surface area contributed by atoms with Gasteiger partial charge in [-0.2, -0.15) is 0 Å². The predicted octanol–water partition coefficient (Wildman–Crippen LogP) is 2.76. The Hall–Kier alpha value is -2.53. The van der Waals surface area contributed by atoms with Gasteiger partial charge >= 0.3 is 5.97 Å². The summed E-state index contributed by atoms with van der Waals surface area (Å²) in [6.07, 6.45) is 0. The lowest BCUT2D eigenvalue weighted by Gasteiger charge is -2.13. The smallest absolute Gasteiger partial charge is 0.317 e. The van der Waals surface area contributed by atoms with Gasteiger partial charge in [0.2, 0.25) is 0 Å². The molecule has 0 saturated heterocycles. The Balaban J connectivity index is 2.00. The maximum atomic E-state index is 10.5. The van der Waals surface area contributed by atoms with E-state index in [9.17, 15) is 4.79 Å². The molecular weight excluding hydrogens is 294 g/mol. The summed E-state index contributed by atoms with van der Waals surface area (Å²) < 4.78 is 11.2. The highest BCUT2D eigenvalue weighted by molar-refractivity contribution is 5.69. The van der Waals surface area contributed by atoms with E-state index in [4.69, 9.17) is 14.6 Å². The van der Waals surface area contributed by atoms with Crippen molar-refractivity contribution < 1.29 is 19.4 Å². The fraction of sp³-hybridized carbons (Fsp3) is 0.278. The minimum atomic E-state index is -0.880. The third-order valence-electron chi connectivity index (χ3n) is 3.31. The highest BCUT2D eigenvalue weighted by Crippen LogP contribution is 2.28. The molecule has 0 heterocycles. The lowest BCUT2D eigenvalue weighted by molar-refractivity contribution is -0.135. The quantitative estimate of drug-likeness (QED) is 0.784. The molecule has 2 aromatic rings. The average Bonchev–Trinajstić information content (AvgIpc) is 2.53.